The second-order valence-corrected chi connectivity index (χ2v) is 15.0. The van der Waals surface area contributed by atoms with Crippen LogP contribution in [0.1, 0.15) is 170 Å². The third-order valence-corrected chi connectivity index (χ3v) is 8.07. The predicted octanol–water partition coefficient (Wildman–Crippen LogP) is 10.5. The number of hydrogen-bond acceptors (Lipinski definition) is 4. The van der Waals surface area contributed by atoms with Crippen molar-refractivity contribution in [2.45, 2.75) is 170 Å². The molecule has 0 aromatic carbocycles. The minimum atomic E-state index is -0.398. The van der Waals surface area contributed by atoms with Crippen LogP contribution in [0.15, 0.2) is 0 Å². The summed E-state index contributed by atoms with van der Waals surface area (Å²) in [7, 11) is 0. The molecule has 1 aliphatic rings. The molecule has 0 aliphatic heterocycles. The number of unbranched alkanes of at least 4 members (excludes halogenated alkanes) is 11. The second kappa shape index (κ2) is 19.9. The molecule has 39 heavy (non-hydrogen) atoms. The van der Waals surface area contributed by atoms with Gasteiger partial charge in [0, 0.05) is 0 Å². The van der Waals surface area contributed by atoms with Crippen LogP contribution in [0.2, 0.25) is 0 Å². The minimum absolute atomic E-state index is 0.0944. The summed E-state index contributed by atoms with van der Waals surface area (Å²) in [6.45, 7) is 15.5. The molecule has 0 amide bonds. The summed E-state index contributed by atoms with van der Waals surface area (Å²) in [4.78, 5) is 27.0. The SMILES string of the molecule is CCCCCCCCCCCCCCC(C(=O)OCC(C)(C)C)C(CC1CCCCC1)C(=O)OCC(C)(C)C. The molecule has 1 aliphatic carbocycles. The molecule has 0 bridgehead atoms. The highest BCUT2D eigenvalue weighted by atomic mass is 16.5. The minimum Gasteiger partial charge on any atom is -0.465 e. The van der Waals surface area contributed by atoms with Gasteiger partial charge in [0.25, 0.3) is 0 Å². The van der Waals surface area contributed by atoms with Crippen molar-refractivity contribution in [1.29, 1.82) is 0 Å². The van der Waals surface area contributed by atoms with Crippen LogP contribution in [0.3, 0.4) is 0 Å². The molecule has 1 saturated carbocycles. The molecule has 0 N–H and O–H groups in total. The Bertz CT molecular complexity index is 636. The van der Waals surface area contributed by atoms with Crippen LogP contribution in [0.5, 0.6) is 0 Å². The maximum absolute atomic E-state index is 13.5. The van der Waals surface area contributed by atoms with E-state index in [4.69, 9.17) is 9.47 Å². The Hall–Kier alpha value is -1.06. The summed E-state index contributed by atoms with van der Waals surface area (Å²) < 4.78 is 11.7. The van der Waals surface area contributed by atoms with Gasteiger partial charge in [-0.1, -0.05) is 158 Å². The van der Waals surface area contributed by atoms with E-state index in [9.17, 15) is 9.59 Å². The van der Waals surface area contributed by atoms with E-state index in [1.807, 2.05) is 0 Å². The fourth-order valence-corrected chi connectivity index (χ4v) is 5.68. The van der Waals surface area contributed by atoms with Gasteiger partial charge in [-0.3, -0.25) is 9.59 Å². The number of ether oxygens (including phenoxy) is 2. The zero-order valence-electron chi connectivity index (χ0n) is 27.2. The van der Waals surface area contributed by atoms with E-state index in [0.717, 1.165) is 38.5 Å². The number of carbonyl (C=O) groups is 2. The topological polar surface area (TPSA) is 52.6 Å². The lowest BCUT2D eigenvalue weighted by Crippen LogP contribution is -2.36. The molecule has 1 fully saturated rings. The van der Waals surface area contributed by atoms with Crippen LogP contribution in [0.25, 0.3) is 0 Å². The zero-order chi connectivity index (χ0) is 29.2. The van der Waals surface area contributed by atoms with Gasteiger partial charge in [-0.25, -0.2) is 0 Å². The van der Waals surface area contributed by atoms with E-state index >= 15 is 0 Å². The third-order valence-electron chi connectivity index (χ3n) is 8.07. The summed E-state index contributed by atoms with van der Waals surface area (Å²) in [6, 6.07) is 0. The molecule has 4 heteroatoms. The average Bonchev–Trinajstić information content (AvgIpc) is 2.87. The van der Waals surface area contributed by atoms with Gasteiger partial charge in [0.15, 0.2) is 0 Å². The van der Waals surface area contributed by atoms with Crippen molar-refractivity contribution < 1.29 is 19.1 Å². The quantitative estimate of drug-likeness (QED) is 0.112. The van der Waals surface area contributed by atoms with Crippen molar-refractivity contribution >= 4 is 11.9 Å². The summed E-state index contributed by atoms with van der Waals surface area (Å²) in [5.74, 6) is -0.667. The van der Waals surface area contributed by atoms with E-state index in [1.54, 1.807) is 0 Å². The molecule has 2 unspecified atom stereocenters. The first-order chi connectivity index (χ1) is 18.4. The lowest BCUT2D eigenvalue weighted by Gasteiger charge is -2.31. The van der Waals surface area contributed by atoms with Gasteiger partial charge in [0.1, 0.15) is 0 Å². The monoisotopic (exact) mass is 550 g/mol. The molecule has 0 heterocycles. The highest BCUT2D eigenvalue weighted by molar-refractivity contribution is 5.82. The van der Waals surface area contributed by atoms with Crippen molar-refractivity contribution in [3.63, 3.8) is 0 Å². The van der Waals surface area contributed by atoms with Crippen molar-refractivity contribution in [1.82, 2.24) is 0 Å². The third kappa shape index (κ3) is 18.8. The predicted molar refractivity (Wildman–Crippen MR) is 165 cm³/mol. The van der Waals surface area contributed by atoms with Crippen LogP contribution in [0.4, 0.5) is 0 Å². The van der Waals surface area contributed by atoms with Gasteiger partial charge in [0.2, 0.25) is 0 Å². The molecule has 0 saturated heterocycles. The fourth-order valence-electron chi connectivity index (χ4n) is 5.68. The highest BCUT2D eigenvalue weighted by Crippen LogP contribution is 2.35. The summed E-state index contributed by atoms with van der Waals surface area (Å²) >= 11 is 0. The normalized spacial score (nSPS) is 16.6. The Labute approximate surface area is 243 Å². The number of hydrogen-bond donors (Lipinski definition) is 0. The summed E-state index contributed by atoms with van der Waals surface area (Å²) in [5.41, 5.74) is -0.190. The average molecular weight is 551 g/mol. The van der Waals surface area contributed by atoms with Gasteiger partial charge in [-0.15, -0.1) is 0 Å². The van der Waals surface area contributed by atoms with Gasteiger partial charge in [0.05, 0.1) is 25.0 Å². The van der Waals surface area contributed by atoms with E-state index in [0.29, 0.717) is 19.1 Å². The van der Waals surface area contributed by atoms with Crippen molar-refractivity contribution in [3.8, 4) is 0 Å². The zero-order valence-corrected chi connectivity index (χ0v) is 27.2. The molecule has 0 spiro atoms. The highest BCUT2D eigenvalue weighted by Gasteiger charge is 2.38. The lowest BCUT2D eigenvalue weighted by molar-refractivity contribution is -0.165. The first-order valence-electron chi connectivity index (χ1n) is 16.8. The van der Waals surface area contributed by atoms with E-state index in [-0.39, 0.29) is 22.8 Å². The Kier molecular flexibility index (Phi) is 18.4. The Balaban J connectivity index is 2.71. The number of carbonyl (C=O) groups excluding carboxylic acids is 2. The van der Waals surface area contributed by atoms with Gasteiger partial charge in [-0.2, -0.15) is 0 Å². The molecule has 2 atom stereocenters. The molecule has 230 valence electrons. The molecular weight excluding hydrogens is 484 g/mol. The van der Waals surface area contributed by atoms with Crippen molar-refractivity contribution in [3.05, 3.63) is 0 Å². The first-order valence-corrected chi connectivity index (χ1v) is 16.8. The molecular formula is C35H66O4. The van der Waals surface area contributed by atoms with Gasteiger partial charge in [-0.05, 0) is 29.6 Å². The molecule has 1 rings (SSSR count). The largest absolute Gasteiger partial charge is 0.465 e. The van der Waals surface area contributed by atoms with Crippen molar-refractivity contribution in [2.24, 2.45) is 28.6 Å². The first kappa shape index (κ1) is 36.0. The van der Waals surface area contributed by atoms with Crippen LogP contribution in [-0.2, 0) is 19.1 Å². The smallest absolute Gasteiger partial charge is 0.309 e. The van der Waals surface area contributed by atoms with E-state index in [1.165, 1.54) is 83.5 Å². The van der Waals surface area contributed by atoms with Crippen LogP contribution >= 0.6 is 0 Å². The molecule has 0 radical (unpaired) electrons. The Morgan fingerprint density at radius 2 is 1.03 bits per heavy atom. The van der Waals surface area contributed by atoms with Gasteiger partial charge >= 0.3 is 11.9 Å². The Morgan fingerprint density at radius 3 is 1.46 bits per heavy atom. The maximum atomic E-state index is 13.5. The van der Waals surface area contributed by atoms with E-state index in [2.05, 4.69) is 48.5 Å². The standard InChI is InChI=1S/C35H66O4/c1-8-9-10-11-12-13-14-15-16-17-18-22-25-30(32(36)38-27-34(2,3)4)31(26-29-23-20-19-21-24-29)33(37)39-28-35(5,6)7/h29-31H,8-28H2,1-7H3. The summed E-state index contributed by atoms with van der Waals surface area (Å²) in [5, 5.41) is 0. The van der Waals surface area contributed by atoms with Crippen molar-refractivity contribution in [2.75, 3.05) is 13.2 Å². The molecule has 0 aromatic heterocycles. The van der Waals surface area contributed by atoms with E-state index < -0.39 is 11.8 Å². The van der Waals surface area contributed by atoms with Crippen LogP contribution in [-0.4, -0.2) is 25.2 Å². The molecule has 4 nitrogen and oxygen atoms in total. The van der Waals surface area contributed by atoms with Gasteiger partial charge < -0.3 is 9.47 Å². The number of rotatable bonds is 20. The molecule has 0 aromatic rings. The van der Waals surface area contributed by atoms with Crippen LogP contribution in [0, 0.1) is 28.6 Å². The second-order valence-electron chi connectivity index (χ2n) is 15.0. The fraction of sp³-hybridized carbons (Fsp3) is 0.943. The Morgan fingerprint density at radius 1 is 0.615 bits per heavy atom. The maximum Gasteiger partial charge on any atom is 0.309 e. The summed E-state index contributed by atoms with van der Waals surface area (Å²) in [6.07, 6.45) is 23.0. The number of esters is 2. The van der Waals surface area contributed by atoms with Crippen LogP contribution < -0.4 is 0 Å². The lowest BCUT2D eigenvalue weighted by atomic mass is 9.76.